The van der Waals surface area contributed by atoms with Crippen molar-refractivity contribution in [1.29, 1.82) is 0 Å². The average molecular weight is 298 g/mol. The number of carbonyl (C=O) groups excluding carboxylic acids is 1. The maximum Gasteiger partial charge on any atom is 0.254 e. The highest BCUT2D eigenvalue weighted by atomic mass is 35.5. The van der Waals surface area contributed by atoms with Crippen LogP contribution in [0.15, 0.2) is 23.4 Å². The van der Waals surface area contributed by atoms with Crippen LogP contribution < -0.4 is 5.73 Å². The van der Waals surface area contributed by atoms with E-state index in [-0.39, 0.29) is 22.5 Å². The van der Waals surface area contributed by atoms with Gasteiger partial charge in [-0.2, -0.15) is 0 Å². The maximum absolute atomic E-state index is 12.5. The summed E-state index contributed by atoms with van der Waals surface area (Å²) in [6, 6.07) is 3.88. The number of halogens is 1. The number of carbonyl (C=O) groups is 1. The van der Waals surface area contributed by atoms with Gasteiger partial charge in [0.15, 0.2) is 5.84 Å². The number of phenolic OH excluding ortho intramolecular Hbond substituents is 1. The van der Waals surface area contributed by atoms with E-state index in [4.69, 9.17) is 22.5 Å². The van der Waals surface area contributed by atoms with E-state index in [9.17, 15) is 9.90 Å². The van der Waals surface area contributed by atoms with Gasteiger partial charge in [-0.1, -0.05) is 16.8 Å². The van der Waals surface area contributed by atoms with Gasteiger partial charge in [0, 0.05) is 12.1 Å². The molecule has 1 fully saturated rings. The third kappa shape index (κ3) is 2.80. The monoisotopic (exact) mass is 297 g/mol. The molecule has 1 aromatic carbocycles. The Balaban J connectivity index is 2.27. The molecule has 20 heavy (non-hydrogen) atoms. The van der Waals surface area contributed by atoms with Crippen molar-refractivity contribution >= 4 is 23.3 Å². The predicted octanol–water partition coefficient (Wildman–Crippen LogP) is 1.79. The molecule has 0 radical (unpaired) electrons. The van der Waals surface area contributed by atoms with Gasteiger partial charge in [-0.15, -0.1) is 0 Å². The quantitative estimate of drug-likeness (QED) is 0.335. The highest BCUT2D eigenvalue weighted by Gasteiger charge is 2.30. The first-order chi connectivity index (χ1) is 9.54. The standard InChI is InChI=1S/C13H16ClN3O3/c14-9-7-8(4-5-11(9)18)13(19)17-6-2-1-3-10(17)12(15)16-20/h4-5,7,10,18,20H,1-3,6H2,(H2,15,16). The fraction of sp³-hybridized carbons (Fsp3) is 0.385. The largest absolute Gasteiger partial charge is 0.506 e. The number of rotatable bonds is 2. The van der Waals surface area contributed by atoms with Crippen molar-refractivity contribution < 1.29 is 15.1 Å². The molecule has 4 N–H and O–H groups in total. The number of hydrogen-bond donors (Lipinski definition) is 3. The zero-order chi connectivity index (χ0) is 14.7. The molecule has 2 rings (SSSR count). The van der Waals surface area contributed by atoms with Gasteiger partial charge in [-0.05, 0) is 37.5 Å². The Hall–Kier alpha value is -1.95. The SMILES string of the molecule is NC(=NO)C1CCCCN1C(=O)c1ccc(O)c(Cl)c1. The number of amides is 1. The van der Waals surface area contributed by atoms with Crippen LogP contribution in [-0.4, -0.2) is 39.5 Å². The van der Waals surface area contributed by atoms with Gasteiger partial charge in [0.05, 0.1) is 11.1 Å². The minimum atomic E-state index is -0.408. The Bertz CT molecular complexity index is 548. The number of benzene rings is 1. The first-order valence-electron chi connectivity index (χ1n) is 6.31. The van der Waals surface area contributed by atoms with E-state index in [1.807, 2.05) is 0 Å². The van der Waals surface area contributed by atoms with Crippen molar-refractivity contribution in [3.8, 4) is 5.75 Å². The van der Waals surface area contributed by atoms with Gasteiger partial charge in [0.25, 0.3) is 5.91 Å². The number of hydrogen-bond acceptors (Lipinski definition) is 4. The van der Waals surface area contributed by atoms with Gasteiger partial charge in [-0.25, -0.2) is 0 Å². The van der Waals surface area contributed by atoms with Crippen LogP contribution in [0.5, 0.6) is 5.75 Å². The molecule has 1 aromatic rings. The number of aromatic hydroxyl groups is 1. The van der Waals surface area contributed by atoms with Crippen molar-refractivity contribution in [1.82, 2.24) is 4.90 Å². The summed E-state index contributed by atoms with van der Waals surface area (Å²) in [5.41, 5.74) is 6.01. The summed E-state index contributed by atoms with van der Waals surface area (Å²) in [6.45, 7) is 0.540. The minimum absolute atomic E-state index is 0.0305. The second-order valence-electron chi connectivity index (χ2n) is 4.70. The summed E-state index contributed by atoms with van der Waals surface area (Å²) in [7, 11) is 0. The van der Waals surface area contributed by atoms with Crippen molar-refractivity contribution in [2.75, 3.05) is 6.54 Å². The molecule has 1 aliphatic rings. The molecule has 0 bridgehead atoms. The van der Waals surface area contributed by atoms with E-state index < -0.39 is 6.04 Å². The van der Waals surface area contributed by atoms with E-state index in [1.165, 1.54) is 18.2 Å². The molecule has 6 nitrogen and oxygen atoms in total. The molecule has 1 amide bonds. The summed E-state index contributed by atoms with van der Waals surface area (Å²) >= 11 is 5.81. The highest BCUT2D eigenvalue weighted by molar-refractivity contribution is 6.32. The van der Waals surface area contributed by atoms with Crippen molar-refractivity contribution in [2.45, 2.75) is 25.3 Å². The molecular weight excluding hydrogens is 282 g/mol. The Morgan fingerprint density at radius 2 is 2.20 bits per heavy atom. The van der Waals surface area contributed by atoms with E-state index in [0.29, 0.717) is 18.5 Å². The first-order valence-corrected chi connectivity index (χ1v) is 6.69. The van der Waals surface area contributed by atoms with Crippen LogP contribution in [0.4, 0.5) is 0 Å². The number of phenols is 1. The maximum atomic E-state index is 12.5. The van der Waals surface area contributed by atoms with Crippen LogP contribution in [-0.2, 0) is 0 Å². The molecule has 1 aliphatic heterocycles. The number of amidine groups is 1. The minimum Gasteiger partial charge on any atom is -0.506 e. The van der Waals surface area contributed by atoms with E-state index in [2.05, 4.69) is 5.16 Å². The third-order valence-corrected chi connectivity index (χ3v) is 3.72. The molecule has 108 valence electrons. The van der Waals surface area contributed by atoms with Gasteiger partial charge in [0.2, 0.25) is 0 Å². The summed E-state index contributed by atoms with van der Waals surface area (Å²) in [5, 5.41) is 21.3. The van der Waals surface area contributed by atoms with Crippen LogP contribution in [0.3, 0.4) is 0 Å². The number of likely N-dealkylation sites (tertiary alicyclic amines) is 1. The fourth-order valence-corrected chi connectivity index (χ4v) is 2.54. The zero-order valence-electron chi connectivity index (χ0n) is 10.8. The smallest absolute Gasteiger partial charge is 0.254 e. The van der Waals surface area contributed by atoms with E-state index >= 15 is 0 Å². The molecule has 0 aliphatic carbocycles. The van der Waals surface area contributed by atoms with Gasteiger partial charge < -0.3 is 20.9 Å². The lowest BCUT2D eigenvalue weighted by atomic mass is 10.00. The van der Waals surface area contributed by atoms with Gasteiger partial charge in [0.1, 0.15) is 5.75 Å². The molecule has 1 heterocycles. The van der Waals surface area contributed by atoms with Crippen LogP contribution >= 0.6 is 11.6 Å². The van der Waals surface area contributed by atoms with Gasteiger partial charge >= 0.3 is 0 Å². The number of piperidine rings is 1. The molecule has 0 saturated carbocycles. The summed E-state index contributed by atoms with van der Waals surface area (Å²) in [5.74, 6) is -0.291. The number of nitrogens with two attached hydrogens (primary N) is 1. The molecule has 0 aromatic heterocycles. The lowest BCUT2D eigenvalue weighted by molar-refractivity contribution is 0.0676. The first kappa shape index (κ1) is 14.5. The normalized spacial score (nSPS) is 19.9. The molecule has 1 unspecified atom stereocenters. The number of nitrogens with zero attached hydrogens (tertiary/aromatic N) is 2. The molecule has 1 atom stereocenters. The fourth-order valence-electron chi connectivity index (χ4n) is 2.35. The zero-order valence-corrected chi connectivity index (χ0v) is 11.5. The Kier molecular flexibility index (Phi) is 4.34. The lowest BCUT2D eigenvalue weighted by Gasteiger charge is -2.34. The van der Waals surface area contributed by atoms with Crippen LogP contribution in [0.25, 0.3) is 0 Å². The second-order valence-corrected chi connectivity index (χ2v) is 5.11. The lowest BCUT2D eigenvalue weighted by Crippen LogP contribution is -2.50. The molecular formula is C13H16ClN3O3. The molecule has 0 spiro atoms. The third-order valence-electron chi connectivity index (χ3n) is 3.42. The number of oxime groups is 1. The Labute approximate surface area is 121 Å². The Morgan fingerprint density at radius 1 is 1.45 bits per heavy atom. The van der Waals surface area contributed by atoms with E-state index in [0.717, 1.165) is 12.8 Å². The topological polar surface area (TPSA) is 99.2 Å². The predicted molar refractivity (Wildman–Crippen MR) is 75.2 cm³/mol. The summed E-state index contributed by atoms with van der Waals surface area (Å²) in [4.78, 5) is 14.1. The summed E-state index contributed by atoms with van der Waals surface area (Å²) < 4.78 is 0. The van der Waals surface area contributed by atoms with Crippen molar-refractivity contribution in [2.24, 2.45) is 10.9 Å². The van der Waals surface area contributed by atoms with Crippen molar-refractivity contribution in [3.63, 3.8) is 0 Å². The van der Waals surface area contributed by atoms with Gasteiger partial charge in [-0.3, -0.25) is 4.79 Å². The van der Waals surface area contributed by atoms with Crippen LogP contribution in [0.2, 0.25) is 5.02 Å². The summed E-state index contributed by atoms with van der Waals surface area (Å²) in [6.07, 6.45) is 2.45. The second kappa shape index (κ2) is 6.00. The molecule has 7 heteroatoms. The average Bonchev–Trinajstić information content (AvgIpc) is 2.48. The van der Waals surface area contributed by atoms with Crippen molar-refractivity contribution in [3.05, 3.63) is 28.8 Å². The molecule has 1 saturated heterocycles. The van der Waals surface area contributed by atoms with Crippen LogP contribution in [0.1, 0.15) is 29.6 Å². The highest BCUT2D eigenvalue weighted by Crippen LogP contribution is 2.26. The Morgan fingerprint density at radius 3 is 2.85 bits per heavy atom. The van der Waals surface area contributed by atoms with E-state index in [1.54, 1.807) is 4.90 Å². The van der Waals surface area contributed by atoms with Crippen LogP contribution in [0, 0.1) is 0 Å².